The van der Waals surface area contributed by atoms with Crippen molar-refractivity contribution >= 4 is 23.1 Å². The molecule has 0 aromatic carbocycles. The second-order valence-electron chi connectivity index (χ2n) is 4.63. The van der Waals surface area contributed by atoms with Gasteiger partial charge in [0.05, 0.1) is 0 Å². The van der Waals surface area contributed by atoms with Gasteiger partial charge in [0.25, 0.3) is 5.91 Å². The van der Waals surface area contributed by atoms with Crippen LogP contribution in [0.4, 0.5) is 5.82 Å². The minimum Gasteiger partial charge on any atom is -0.373 e. The van der Waals surface area contributed by atoms with E-state index < -0.39 is 0 Å². The quantitative estimate of drug-likeness (QED) is 0.920. The molecule has 0 bridgehead atoms. The maximum atomic E-state index is 12.5. The van der Waals surface area contributed by atoms with Crippen molar-refractivity contribution in [3.8, 4) is 0 Å². The second-order valence-corrected chi connectivity index (χ2v) is 5.41. The number of amides is 1. The Bertz CT molecular complexity index is 559. The van der Waals surface area contributed by atoms with Crippen LogP contribution < -0.4 is 5.32 Å². The van der Waals surface area contributed by atoms with Crippen molar-refractivity contribution in [1.82, 2.24) is 9.88 Å². The largest absolute Gasteiger partial charge is 0.373 e. The molecule has 2 aromatic rings. The number of nitrogens with zero attached hydrogens (tertiary/aromatic N) is 2. The third kappa shape index (κ3) is 3.36. The van der Waals surface area contributed by atoms with Gasteiger partial charge in [-0.2, -0.15) is 11.3 Å². The molecule has 0 aliphatic carbocycles. The minimum absolute atomic E-state index is 0.0183. The molecule has 0 aliphatic rings. The van der Waals surface area contributed by atoms with Crippen LogP contribution in [-0.4, -0.2) is 29.9 Å². The lowest BCUT2D eigenvalue weighted by atomic mass is 10.1. The highest BCUT2D eigenvalue weighted by atomic mass is 32.1. The highest BCUT2D eigenvalue weighted by Gasteiger charge is 2.14. The summed E-state index contributed by atoms with van der Waals surface area (Å²) in [6.07, 6.45) is 0.810. The summed E-state index contributed by atoms with van der Waals surface area (Å²) in [5, 5.41) is 7.09. The molecule has 2 aromatic heterocycles. The predicted molar refractivity (Wildman–Crippen MR) is 83.3 cm³/mol. The van der Waals surface area contributed by atoms with Gasteiger partial charge in [0.2, 0.25) is 0 Å². The smallest absolute Gasteiger partial charge is 0.254 e. The summed E-state index contributed by atoms with van der Waals surface area (Å²) < 4.78 is 0. The fourth-order valence-electron chi connectivity index (χ4n) is 1.97. The minimum atomic E-state index is 0.0183. The molecule has 0 unspecified atom stereocenters. The van der Waals surface area contributed by atoms with E-state index >= 15 is 0 Å². The fraction of sp³-hybridized carbons (Fsp3) is 0.333. The van der Waals surface area contributed by atoms with Gasteiger partial charge in [-0.25, -0.2) is 4.98 Å². The lowest BCUT2D eigenvalue weighted by Gasteiger charge is -2.17. The van der Waals surface area contributed by atoms with E-state index in [-0.39, 0.29) is 5.91 Å². The normalized spacial score (nSPS) is 10.3. The number of rotatable bonds is 5. The molecule has 106 valence electrons. The summed E-state index contributed by atoms with van der Waals surface area (Å²) in [5.74, 6) is 0.751. The third-order valence-electron chi connectivity index (χ3n) is 3.09. The number of nitrogens with one attached hydrogen (secondary N) is 1. The number of aromatic nitrogens is 1. The summed E-state index contributed by atoms with van der Waals surface area (Å²) in [5.41, 5.74) is 2.76. The van der Waals surface area contributed by atoms with Gasteiger partial charge in [-0.3, -0.25) is 4.79 Å². The highest BCUT2D eigenvalue weighted by molar-refractivity contribution is 7.07. The van der Waals surface area contributed by atoms with E-state index in [1.807, 2.05) is 38.5 Å². The zero-order valence-electron chi connectivity index (χ0n) is 12.0. The van der Waals surface area contributed by atoms with E-state index in [9.17, 15) is 4.79 Å². The molecular formula is C15H19N3OS. The van der Waals surface area contributed by atoms with E-state index in [0.29, 0.717) is 12.1 Å². The molecular weight excluding hydrogens is 270 g/mol. The number of thiophene rings is 1. The molecule has 0 radical (unpaired) electrons. The van der Waals surface area contributed by atoms with Crippen LogP contribution in [0.5, 0.6) is 0 Å². The molecule has 0 fully saturated rings. The highest BCUT2D eigenvalue weighted by Crippen LogP contribution is 2.15. The second kappa shape index (κ2) is 6.52. The van der Waals surface area contributed by atoms with Gasteiger partial charge >= 0.3 is 0 Å². The van der Waals surface area contributed by atoms with Crippen LogP contribution in [0.25, 0.3) is 0 Å². The molecule has 0 atom stereocenters. The third-order valence-corrected chi connectivity index (χ3v) is 3.82. The first kappa shape index (κ1) is 14.5. The summed E-state index contributed by atoms with van der Waals surface area (Å²) in [6, 6.07) is 5.70. The van der Waals surface area contributed by atoms with Gasteiger partial charge in [0.1, 0.15) is 5.82 Å². The summed E-state index contributed by atoms with van der Waals surface area (Å²) in [4.78, 5) is 18.6. The molecule has 20 heavy (non-hydrogen) atoms. The van der Waals surface area contributed by atoms with E-state index in [1.54, 1.807) is 22.3 Å². The average molecular weight is 289 g/mol. The van der Waals surface area contributed by atoms with Crippen LogP contribution in [0.15, 0.2) is 29.0 Å². The monoisotopic (exact) mass is 289 g/mol. The lowest BCUT2D eigenvalue weighted by molar-refractivity contribution is 0.0785. The molecule has 0 aliphatic heterocycles. The molecule has 5 heteroatoms. The molecule has 0 saturated carbocycles. The standard InChI is InChI=1S/C15H19N3OS/c1-4-13-7-12(8-14(16-2)17-13)15(19)18(3)9-11-5-6-20-10-11/h5-8,10H,4,9H2,1-3H3,(H,16,17). The molecule has 2 heterocycles. The van der Waals surface area contributed by atoms with Gasteiger partial charge in [-0.05, 0) is 40.9 Å². The van der Waals surface area contributed by atoms with Gasteiger partial charge in [-0.1, -0.05) is 6.92 Å². The van der Waals surface area contributed by atoms with Crippen LogP contribution in [-0.2, 0) is 13.0 Å². The van der Waals surface area contributed by atoms with Gasteiger partial charge in [0, 0.05) is 31.9 Å². The Balaban J connectivity index is 2.19. The molecule has 1 amide bonds. The van der Waals surface area contributed by atoms with Gasteiger partial charge < -0.3 is 10.2 Å². The Morgan fingerprint density at radius 2 is 2.25 bits per heavy atom. The lowest BCUT2D eigenvalue weighted by Crippen LogP contribution is -2.26. The van der Waals surface area contributed by atoms with Crippen molar-refractivity contribution in [2.45, 2.75) is 19.9 Å². The van der Waals surface area contributed by atoms with Crippen LogP contribution in [0.3, 0.4) is 0 Å². The van der Waals surface area contributed by atoms with E-state index in [4.69, 9.17) is 0 Å². The van der Waals surface area contributed by atoms with E-state index in [0.717, 1.165) is 23.5 Å². The van der Waals surface area contributed by atoms with Crippen molar-refractivity contribution in [2.24, 2.45) is 0 Å². The zero-order valence-corrected chi connectivity index (χ0v) is 12.8. The topological polar surface area (TPSA) is 45.2 Å². The maximum Gasteiger partial charge on any atom is 0.254 e. The van der Waals surface area contributed by atoms with Crippen LogP contribution in [0.1, 0.15) is 28.5 Å². The molecule has 4 nitrogen and oxygen atoms in total. The maximum absolute atomic E-state index is 12.5. The van der Waals surface area contributed by atoms with Gasteiger partial charge in [-0.15, -0.1) is 0 Å². The summed E-state index contributed by atoms with van der Waals surface area (Å²) in [6.45, 7) is 2.66. The first-order valence-electron chi connectivity index (χ1n) is 6.59. The molecule has 1 N–H and O–H groups in total. The van der Waals surface area contributed by atoms with Crippen molar-refractivity contribution in [2.75, 3.05) is 19.4 Å². The Kier molecular flexibility index (Phi) is 4.74. The first-order chi connectivity index (χ1) is 9.63. The Labute approximate surface area is 123 Å². The van der Waals surface area contributed by atoms with Gasteiger partial charge in [0.15, 0.2) is 0 Å². The van der Waals surface area contributed by atoms with Crippen molar-refractivity contribution in [3.63, 3.8) is 0 Å². The van der Waals surface area contributed by atoms with Crippen molar-refractivity contribution in [3.05, 3.63) is 45.8 Å². The van der Waals surface area contributed by atoms with Crippen molar-refractivity contribution in [1.29, 1.82) is 0 Å². The van der Waals surface area contributed by atoms with Crippen LogP contribution >= 0.6 is 11.3 Å². The van der Waals surface area contributed by atoms with E-state index in [1.165, 1.54) is 0 Å². The number of hydrogen-bond acceptors (Lipinski definition) is 4. The van der Waals surface area contributed by atoms with Crippen molar-refractivity contribution < 1.29 is 4.79 Å². The SMILES string of the molecule is CCc1cc(C(=O)N(C)Cc2ccsc2)cc(NC)n1. The zero-order chi connectivity index (χ0) is 14.5. The summed E-state index contributed by atoms with van der Waals surface area (Å²) in [7, 11) is 3.64. The molecule has 0 saturated heterocycles. The number of aryl methyl sites for hydroxylation is 1. The number of anilines is 1. The first-order valence-corrected chi connectivity index (χ1v) is 7.53. The Morgan fingerprint density at radius 1 is 1.45 bits per heavy atom. The Hall–Kier alpha value is -1.88. The summed E-state index contributed by atoms with van der Waals surface area (Å²) >= 11 is 1.64. The van der Waals surface area contributed by atoms with E-state index in [2.05, 4.69) is 15.7 Å². The number of hydrogen-bond donors (Lipinski definition) is 1. The van der Waals surface area contributed by atoms with Crippen LogP contribution in [0, 0.1) is 0 Å². The van der Waals surface area contributed by atoms with Crippen LogP contribution in [0.2, 0.25) is 0 Å². The molecule has 0 spiro atoms. The Morgan fingerprint density at radius 3 is 2.85 bits per heavy atom. The average Bonchev–Trinajstić information content (AvgIpc) is 2.98. The fourth-order valence-corrected chi connectivity index (χ4v) is 2.63. The number of carbonyl (C=O) groups is 1. The predicted octanol–water partition coefficient (Wildman–Crippen LogP) is 3.02. The molecule has 2 rings (SSSR count). The number of pyridine rings is 1. The number of carbonyl (C=O) groups excluding carboxylic acids is 1.